The van der Waals surface area contributed by atoms with Crippen LogP contribution in [0.5, 0.6) is 0 Å². The minimum atomic E-state index is -0.0147. The van der Waals surface area contributed by atoms with Crippen molar-refractivity contribution in [2.45, 2.75) is 26.4 Å². The van der Waals surface area contributed by atoms with Gasteiger partial charge in [0.15, 0.2) is 0 Å². The first-order chi connectivity index (χ1) is 10.2. The Hall–Kier alpha value is -2.41. The maximum Gasteiger partial charge on any atom is 0.224 e. The van der Waals surface area contributed by atoms with Crippen molar-refractivity contribution in [3.63, 3.8) is 0 Å². The van der Waals surface area contributed by atoms with Crippen molar-refractivity contribution >= 4 is 17.3 Å². The predicted octanol–water partition coefficient (Wildman–Crippen LogP) is 1.23. The van der Waals surface area contributed by atoms with E-state index in [1.807, 2.05) is 31.2 Å². The number of aromatic nitrogens is 3. The second kappa shape index (κ2) is 7.39. The summed E-state index contributed by atoms with van der Waals surface area (Å²) in [5.74, 6) is -0.0147. The summed E-state index contributed by atoms with van der Waals surface area (Å²) < 4.78 is 1.59. The highest BCUT2D eigenvalue weighted by Crippen LogP contribution is 2.15. The summed E-state index contributed by atoms with van der Waals surface area (Å²) in [6.45, 7) is 2.81. The number of hydrogen-bond donors (Lipinski definition) is 3. The van der Waals surface area contributed by atoms with Crippen molar-refractivity contribution in [2.75, 3.05) is 17.2 Å². The van der Waals surface area contributed by atoms with Gasteiger partial charge in [0.1, 0.15) is 5.69 Å². The van der Waals surface area contributed by atoms with E-state index in [0.717, 1.165) is 17.1 Å². The Labute approximate surface area is 123 Å². The van der Waals surface area contributed by atoms with Crippen LogP contribution in [0.2, 0.25) is 0 Å². The molecular formula is C14H19N5O2. The molecule has 0 saturated heterocycles. The highest BCUT2D eigenvalue weighted by Gasteiger charge is 2.02. The molecule has 7 nitrogen and oxygen atoms in total. The van der Waals surface area contributed by atoms with Crippen molar-refractivity contribution in [2.24, 2.45) is 0 Å². The molecule has 0 aliphatic rings. The third-order valence-electron chi connectivity index (χ3n) is 2.86. The molecule has 1 aromatic carbocycles. The van der Waals surface area contributed by atoms with Crippen molar-refractivity contribution < 1.29 is 9.90 Å². The Bertz CT molecular complexity index is 597. The molecule has 112 valence electrons. The molecule has 1 aromatic heterocycles. The molecule has 2 rings (SSSR count). The van der Waals surface area contributed by atoms with Gasteiger partial charge in [-0.3, -0.25) is 4.79 Å². The summed E-state index contributed by atoms with van der Waals surface area (Å²) in [5.41, 5.74) is 2.43. The molecule has 0 radical (unpaired) electrons. The van der Waals surface area contributed by atoms with Gasteiger partial charge in [0.2, 0.25) is 5.91 Å². The van der Waals surface area contributed by atoms with Crippen LogP contribution in [-0.2, 0) is 17.9 Å². The maximum atomic E-state index is 11.4. The van der Waals surface area contributed by atoms with E-state index in [2.05, 4.69) is 20.9 Å². The standard InChI is InChI=1S/C14H19N5O2/c1-2-14(21)16-12-5-3-4-11(8-12)15-9-13-10-19(6-7-20)18-17-13/h3-5,8,10,15,20H,2,6-7,9H2,1H3,(H,16,21). The summed E-state index contributed by atoms with van der Waals surface area (Å²) in [5, 5.41) is 22.8. The van der Waals surface area contributed by atoms with Gasteiger partial charge in [-0.1, -0.05) is 18.2 Å². The third-order valence-corrected chi connectivity index (χ3v) is 2.86. The molecule has 1 heterocycles. The van der Waals surface area contributed by atoms with Gasteiger partial charge in [0.25, 0.3) is 0 Å². The van der Waals surface area contributed by atoms with Crippen LogP contribution in [-0.4, -0.2) is 32.6 Å². The second-order valence-electron chi connectivity index (χ2n) is 4.53. The van der Waals surface area contributed by atoms with E-state index in [4.69, 9.17) is 5.11 Å². The van der Waals surface area contributed by atoms with Gasteiger partial charge in [-0.2, -0.15) is 0 Å². The third kappa shape index (κ3) is 4.57. The zero-order chi connectivity index (χ0) is 15.1. The zero-order valence-electron chi connectivity index (χ0n) is 11.9. The van der Waals surface area contributed by atoms with Gasteiger partial charge >= 0.3 is 0 Å². The molecule has 3 N–H and O–H groups in total. The average Bonchev–Trinajstić information content (AvgIpc) is 2.93. The smallest absolute Gasteiger partial charge is 0.224 e. The first-order valence-electron chi connectivity index (χ1n) is 6.85. The van der Waals surface area contributed by atoms with E-state index < -0.39 is 0 Å². The van der Waals surface area contributed by atoms with E-state index in [-0.39, 0.29) is 12.5 Å². The maximum absolute atomic E-state index is 11.4. The van der Waals surface area contributed by atoms with Crippen LogP contribution in [0.25, 0.3) is 0 Å². The highest BCUT2D eigenvalue weighted by molar-refractivity contribution is 5.90. The van der Waals surface area contributed by atoms with Crippen LogP contribution >= 0.6 is 0 Å². The number of anilines is 2. The fraction of sp³-hybridized carbons (Fsp3) is 0.357. The first-order valence-corrected chi connectivity index (χ1v) is 6.85. The largest absolute Gasteiger partial charge is 0.394 e. The minimum absolute atomic E-state index is 0.0147. The number of carbonyl (C=O) groups is 1. The summed E-state index contributed by atoms with van der Waals surface area (Å²) in [6.07, 6.45) is 2.23. The van der Waals surface area contributed by atoms with Gasteiger partial charge < -0.3 is 15.7 Å². The van der Waals surface area contributed by atoms with Crippen molar-refractivity contribution in [1.29, 1.82) is 0 Å². The zero-order valence-corrected chi connectivity index (χ0v) is 11.9. The molecule has 0 bridgehead atoms. The fourth-order valence-electron chi connectivity index (χ4n) is 1.78. The lowest BCUT2D eigenvalue weighted by Gasteiger charge is -2.08. The van der Waals surface area contributed by atoms with Crippen LogP contribution < -0.4 is 10.6 Å². The molecule has 7 heteroatoms. The number of aliphatic hydroxyl groups is 1. The van der Waals surface area contributed by atoms with Crippen LogP contribution in [0, 0.1) is 0 Å². The van der Waals surface area contributed by atoms with E-state index in [1.54, 1.807) is 10.9 Å². The van der Waals surface area contributed by atoms with Gasteiger partial charge in [-0.15, -0.1) is 5.10 Å². The molecule has 0 saturated carbocycles. The van der Waals surface area contributed by atoms with E-state index >= 15 is 0 Å². The molecule has 2 aromatic rings. The number of benzene rings is 1. The Morgan fingerprint density at radius 2 is 2.19 bits per heavy atom. The van der Waals surface area contributed by atoms with Crippen LogP contribution in [0.4, 0.5) is 11.4 Å². The Morgan fingerprint density at radius 1 is 1.38 bits per heavy atom. The second-order valence-corrected chi connectivity index (χ2v) is 4.53. The van der Waals surface area contributed by atoms with E-state index in [9.17, 15) is 4.79 Å². The number of nitrogens with zero attached hydrogens (tertiary/aromatic N) is 3. The topological polar surface area (TPSA) is 92.1 Å². The average molecular weight is 289 g/mol. The monoisotopic (exact) mass is 289 g/mol. The van der Waals surface area contributed by atoms with Gasteiger partial charge in [-0.25, -0.2) is 4.68 Å². The van der Waals surface area contributed by atoms with Crippen LogP contribution in [0.3, 0.4) is 0 Å². The quantitative estimate of drug-likeness (QED) is 0.713. The molecule has 0 spiro atoms. The van der Waals surface area contributed by atoms with Crippen molar-refractivity contribution in [1.82, 2.24) is 15.0 Å². The Morgan fingerprint density at radius 3 is 2.95 bits per heavy atom. The fourth-order valence-corrected chi connectivity index (χ4v) is 1.78. The molecule has 0 aliphatic carbocycles. The Kier molecular flexibility index (Phi) is 5.28. The number of nitrogens with one attached hydrogen (secondary N) is 2. The molecule has 0 unspecified atom stereocenters. The van der Waals surface area contributed by atoms with Gasteiger partial charge in [0.05, 0.1) is 25.9 Å². The van der Waals surface area contributed by atoms with Gasteiger partial charge in [0, 0.05) is 17.8 Å². The summed E-state index contributed by atoms with van der Waals surface area (Å²) in [4.78, 5) is 11.4. The molecule has 0 fully saturated rings. The molecule has 1 amide bonds. The number of amides is 1. The van der Waals surface area contributed by atoms with E-state index in [0.29, 0.717) is 19.5 Å². The van der Waals surface area contributed by atoms with E-state index in [1.165, 1.54) is 0 Å². The highest BCUT2D eigenvalue weighted by atomic mass is 16.3. The number of carbonyl (C=O) groups excluding carboxylic acids is 1. The van der Waals surface area contributed by atoms with Crippen molar-refractivity contribution in [3.05, 3.63) is 36.2 Å². The summed E-state index contributed by atoms with van der Waals surface area (Å²) >= 11 is 0. The van der Waals surface area contributed by atoms with Crippen molar-refractivity contribution in [3.8, 4) is 0 Å². The number of aliphatic hydroxyl groups excluding tert-OH is 1. The number of rotatable bonds is 7. The molecule has 0 aliphatic heterocycles. The Balaban J connectivity index is 1.93. The van der Waals surface area contributed by atoms with Crippen LogP contribution in [0.1, 0.15) is 19.0 Å². The lowest BCUT2D eigenvalue weighted by Crippen LogP contribution is -2.09. The minimum Gasteiger partial charge on any atom is -0.394 e. The molecular weight excluding hydrogens is 270 g/mol. The summed E-state index contributed by atoms with van der Waals surface area (Å²) in [6, 6.07) is 7.50. The SMILES string of the molecule is CCC(=O)Nc1cccc(NCc2cn(CCO)nn2)c1. The predicted molar refractivity (Wildman–Crippen MR) is 79.8 cm³/mol. The number of hydrogen-bond acceptors (Lipinski definition) is 5. The van der Waals surface area contributed by atoms with Gasteiger partial charge in [-0.05, 0) is 18.2 Å². The van der Waals surface area contributed by atoms with Crippen LogP contribution in [0.15, 0.2) is 30.5 Å². The summed E-state index contributed by atoms with van der Waals surface area (Å²) in [7, 11) is 0. The lowest BCUT2D eigenvalue weighted by atomic mass is 10.2. The normalized spacial score (nSPS) is 10.4. The molecule has 0 atom stereocenters. The first kappa shape index (κ1) is 15.0. The lowest BCUT2D eigenvalue weighted by molar-refractivity contribution is -0.115. The molecule has 21 heavy (non-hydrogen) atoms.